The number of benzene rings is 1. The Morgan fingerprint density at radius 1 is 1.17 bits per heavy atom. The van der Waals surface area contributed by atoms with Gasteiger partial charge in [-0.15, -0.1) is 12.4 Å². The van der Waals surface area contributed by atoms with Crippen LogP contribution in [-0.4, -0.2) is 34.3 Å². The van der Waals surface area contributed by atoms with E-state index in [1.807, 2.05) is 10.9 Å². The molecule has 0 amide bonds. The van der Waals surface area contributed by atoms with Crippen molar-refractivity contribution >= 4 is 12.4 Å². The Hall–Kier alpha value is -1.36. The molecule has 1 saturated heterocycles. The highest BCUT2D eigenvalue weighted by Crippen LogP contribution is 2.24. The van der Waals surface area contributed by atoms with Crippen LogP contribution in [0.5, 0.6) is 0 Å². The van der Waals surface area contributed by atoms with Crippen molar-refractivity contribution in [2.75, 3.05) is 19.6 Å². The summed E-state index contributed by atoms with van der Waals surface area (Å²) in [4.78, 5) is 2.56. The third-order valence-electron chi connectivity index (χ3n) is 4.52. The minimum Gasteiger partial charge on any atom is -0.314 e. The zero-order valence-corrected chi connectivity index (χ0v) is 14.9. The number of piperazine rings is 1. The predicted molar refractivity (Wildman–Crippen MR) is 97.0 cm³/mol. The molecule has 1 N–H and O–H groups in total. The van der Waals surface area contributed by atoms with Gasteiger partial charge < -0.3 is 5.32 Å². The Labute approximate surface area is 145 Å². The van der Waals surface area contributed by atoms with E-state index in [9.17, 15) is 0 Å². The first-order valence-electron chi connectivity index (χ1n) is 8.35. The molecule has 2 aromatic rings. The van der Waals surface area contributed by atoms with Crippen LogP contribution in [0.3, 0.4) is 0 Å². The number of aromatic nitrogens is 2. The van der Waals surface area contributed by atoms with E-state index in [2.05, 4.69) is 59.6 Å². The van der Waals surface area contributed by atoms with E-state index in [1.165, 1.54) is 16.7 Å². The SMILES string of the molecule is CCc1ccc(C2CNCCN2Cc2cnn(CC)c2)cc1.Cl. The van der Waals surface area contributed by atoms with Crippen molar-refractivity contribution in [3.8, 4) is 0 Å². The molecule has 0 aliphatic carbocycles. The maximum Gasteiger partial charge on any atom is 0.0534 e. The highest BCUT2D eigenvalue weighted by molar-refractivity contribution is 5.85. The fraction of sp³-hybridized carbons (Fsp3) is 0.500. The Bertz CT molecular complexity index is 593. The number of nitrogens with zero attached hydrogens (tertiary/aromatic N) is 3. The maximum absolute atomic E-state index is 4.40. The third-order valence-corrected chi connectivity index (χ3v) is 4.52. The zero-order valence-electron chi connectivity index (χ0n) is 14.0. The summed E-state index contributed by atoms with van der Waals surface area (Å²) in [5.41, 5.74) is 4.12. The standard InChI is InChI=1S/C18H26N4.ClH/c1-3-15-5-7-17(8-6-15)18-12-19-9-10-21(18)13-16-11-20-22(4-2)14-16;/h5-8,11,14,18-19H,3-4,9-10,12-13H2,1-2H3;1H. The van der Waals surface area contributed by atoms with Crippen molar-refractivity contribution in [3.05, 3.63) is 53.3 Å². The van der Waals surface area contributed by atoms with Gasteiger partial charge in [-0.25, -0.2) is 0 Å². The summed E-state index contributed by atoms with van der Waals surface area (Å²) in [6, 6.07) is 9.55. The van der Waals surface area contributed by atoms with E-state index in [0.29, 0.717) is 6.04 Å². The van der Waals surface area contributed by atoms with Crippen LogP contribution in [0.1, 0.15) is 36.6 Å². The smallest absolute Gasteiger partial charge is 0.0534 e. The normalized spacial score (nSPS) is 18.6. The molecule has 23 heavy (non-hydrogen) atoms. The number of hydrogen-bond acceptors (Lipinski definition) is 3. The van der Waals surface area contributed by atoms with Crippen molar-refractivity contribution in [1.82, 2.24) is 20.0 Å². The Balaban J connectivity index is 0.00000192. The predicted octanol–water partition coefficient (Wildman–Crippen LogP) is 3.03. The van der Waals surface area contributed by atoms with E-state index in [-0.39, 0.29) is 12.4 Å². The summed E-state index contributed by atoms with van der Waals surface area (Å²) in [6.45, 7) is 9.40. The molecule has 0 radical (unpaired) electrons. The maximum atomic E-state index is 4.40. The van der Waals surface area contributed by atoms with Gasteiger partial charge >= 0.3 is 0 Å². The first-order chi connectivity index (χ1) is 10.8. The molecule has 5 heteroatoms. The lowest BCUT2D eigenvalue weighted by atomic mass is 10.0. The van der Waals surface area contributed by atoms with Crippen LogP contribution >= 0.6 is 12.4 Å². The molecule has 1 atom stereocenters. The van der Waals surface area contributed by atoms with Gasteiger partial charge in [0.2, 0.25) is 0 Å². The molecule has 0 bridgehead atoms. The quantitative estimate of drug-likeness (QED) is 0.912. The van der Waals surface area contributed by atoms with Crippen LogP contribution in [0.2, 0.25) is 0 Å². The van der Waals surface area contributed by atoms with Crippen molar-refractivity contribution in [1.29, 1.82) is 0 Å². The van der Waals surface area contributed by atoms with Gasteiger partial charge in [0.1, 0.15) is 0 Å². The van der Waals surface area contributed by atoms with Crippen LogP contribution in [0.4, 0.5) is 0 Å². The van der Waals surface area contributed by atoms with Crippen molar-refractivity contribution in [2.45, 2.75) is 39.4 Å². The van der Waals surface area contributed by atoms with Gasteiger partial charge in [-0.3, -0.25) is 9.58 Å². The second-order valence-electron chi connectivity index (χ2n) is 5.99. The summed E-state index contributed by atoms with van der Waals surface area (Å²) < 4.78 is 2.00. The van der Waals surface area contributed by atoms with Crippen LogP contribution in [-0.2, 0) is 19.5 Å². The molecule has 1 fully saturated rings. The monoisotopic (exact) mass is 334 g/mol. The molecular formula is C18H27ClN4. The van der Waals surface area contributed by atoms with Crippen molar-refractivity contribution in [3.63, 3.8) is 0 Å². The first kappa shape index (κ1) is 18.0. The lowest BCUT2D eigenvalue weighted by molar-refractivity contribution is 0.153. The summed E-state index contributed by atoms with van der Waals surface area (Å²) in [6.07, 6.45) is 5.27. The number of rotatable bonds is 5. The summed E-state index contributed by atoms with van der Waals surface area (Å²) in [5, 5.41) is 7.93. The van der Waals surface area contributed by atoms with Gasteiger partial charge in [-0.1, -0.05) is 31.2 Å². The fourth-order valence-electron chi connectivity index (χ4n) is 3.14. The van der Waals surface area contributed by atoms with E-state index < -0.39 is 0 Å². The van der Waals surface area contributed by atoms with Gasteiger partial charge in [0.05, 0.1) is 6.20 Å². The molecule has 1 aliphatic rings. The van der Waals surface area contributed by atoms with Gasteiger partial charge in [0.15, 0.2) is 0 Å². The molecule has 1 aromatic heterocycles. The molecule has 0 saturated carbocycles. The van der Waals surface area contributed by atoms with E-state index in [1.54, 1.807) is 0 Å². The molecule has 1 unspecified atom stereocenters. The summed E-state index contributed by atoms with van der Waals surface area (Å²) in [5.74, 6) is 0. The molecule has 1 aromatic carbocycles. The first-order valence-corrected chi connectivity index (χ1v) is 8.35. The van der Waals surface area contributed by atoms with Crippen LogP contribution < -0.4 is 5.32 Å². The highest BCUT2D eigenvalue weighted by atomic mass is 35.5. The lowest BCUT2D eigenvalue weighted by Gasteiger charge is -2.36. The van der Waals surface area contributed by atoms with Gasteiger partial charge in [0.25, 0.3) is 0 Å². The van der Waals surface area contributed by atoms with E-state index >= 15 is 0 Å². The summed E-state index contributed by atoms with van der Waals surface area (Å²) in [7, 11) is 0. The Morgan fingerprint density at radius 3 is 2.61 bits per heavy atom. The number of hydrogen-bond donors (Lipinski definition) is 1. The van der Waals surface area contributed by atoms with Gasteiger partial charge in [-0.2, -0.15) is 5.10 Å². The van der Waals surface area contributed by atoms with Crippen LogP contribution in [0, 0.1) is 0 Å². The second kappa shape index (κ2) is 8.48. The van der Waals surface area contributed by atoms with E-state index in [0.717, 1.165) is 39.1 Å². The number of nitrogens with one attached hydrogen (secondary N) is 1. The Morgan fingerprint density at radius 2 is 1.96 bits per heavy atom. The Kier molecular flexibility index (Phi) is 6.63. The van der Waals surface area contributed by atoms with Crippen molar-refractivity contribution in [2.24, 2.45) is 0 Å². The van der Waals surface area contributed by atoms with Gasteiger partial charge in [-0.05, 0) is 24.5 Å². The molecule has 2 heterocycles. The lowest BCUT2D eigenvalue weighted by Crippen LogP contribution is -2.45. The average molecular weight is 335 g/mol. The average Bonchev–Trinajstić information content (AvgIpc) is 3.03. The summed E-state index contributed by atoms with van der Waals surface area (Å²) >= 11 is 0. The third kappa shape index (κ3) is 4.34. The number of aryl methyl sites for hydroxylation is 2. The molecule has 0 spiro atoms. The van der Waals surface area contributed by atoms with Crippen LogP contribution in [0.15, 0.2) is 36.7 Å². The topological polar surface area (TPSA) is 33.1 Å². The van der Waals surface area contributed by atoms with Crippen molar-refractivity contribution < 1.29 is 0 Å². The highest BCUT2D eigenvalue weighted by Gasteiger charge is 2.24. The number of halogens is 1. The largest absolute Gasteiger partial charge is 0.314 e. The van der Waals surface area contributed by atoms with Gasteiger partial charge in [0, 0.05) is 50.5 Å². The molecule has 1 aliphatic heterocycles. The molecule has 126 valence electrons. The second-order valence-corrected chi connectivity index (χ2v) is 5.99. The zero-order chi connectivity index (χ0) is 15.4. The fourth-order valence-corrected chi connectivity index (χ4v) is 3.14. The minimum absolute atomic E-state index is 0. The minimum atomic E-state index is 0. The molecular weight excluding hydrogens is 308 g/mol. The molecule has 4 nitrogen and oxygen atoms in total. The molecule has 3 rings (SSSR count). The van der Waals surface area contributed by atoms with E-state index in [4.69, 9.17) is 0 Å². The van der Waals surface area contributed by atoms with Crippen LogP contribution in [0.25, 0.3) is 0 Å².